The van der Waals surface area contributed by atoms with Gasteiger partial charge >= 0.3 is 0 Å². The zero-order valence-corrected chi connectivity index (χ0v) is 13.5. The maximum atomic E-state index is 6.17. The Hall–Kier alpha value is -1.40. The summed E-state index contributed by atoms with van der Waals surface area (Å²) in [7, 11) is -0.687. The van der Waals surface area contributed by atoms with Crippen molar-refractivity contribution in [2.45, 2.75) is 0 Å². The number of pyridine rings is 1. The third-order valence-electron chi connectivity index (χ3n) is 3.05. The Morgan fingerprint density at radius 1 is 0.667 bits per heavy atom. The second-order valence-corrected chi connectivity index (χ2v) is 7.59. The minimum atomic E-state index is -0.687. The lowest BCUT2D eigenvalue weighted by molar-refractivity contribution is 1.34. The summed E-state index contributed by atoms with van der Waals surface area (Å²) in [6, 6.07) is 20.1. The zero-order chi connectivity index (χ0) is 14.7. The summed E-state index contributed by atoms with van der Waals surface area (Å²) in [5, 5.41) is 5.12. The van der Waals surface area contributed by atoms with E-state index >= 15 is 0 Å². The van der Waals surface area contributed by atoms with E-state index in [-0.39, 0.29) is 0 Å². The van der Waals surface area contributed by atoms with Crippen LogP contribution in [0.1, 0.15) is 0 Å². The molecule has 0 saturated carbocycles. The molecule has 1 aromatic heterocycles. The van der Waals surface area contributed by atoms with Gasteiger partial charge in [-0.2, -0.15) is 0 Å². The second kappa shape index (κ2) is 6.58. The SMILES string of the molecule is Clc1cccc(P(c2ccncc2)c2cccc(Cl)c2)c1. The highest BCUT2D eigenvalue weighted by atomic mass is 35.5. The summed E-state index contributed by atoms with van der Waals surface area (Å²) in [4.78, 5) is 4.11. The molecular weight excluding hydrogens is 320 g/mol. The molecule has 0 unspecified atom stereocenters. The van der Waals surface area contributed by atoms with E-state index in [1.165, 1.54) is 15.9 Å². The number of halogens is 2. The van der Waals surface area contributed by atoms with E-state index in [0.29, 0.717) is 0 Å². The van der Waals surface area contributed by atoms with Gasteiger partial charge < -0.3 is 0 Å². The van der Waals surface area contributed by atoms with Crippen LogP contribution in [0.25, 0.3) is 0 Å². The predicted molar refractivity (Wildman–Crippen MR) is 93.0 cm³/mol. The molecule has 2 aromatic carbocycles. The van der Waals surface area contributed by atoms with E-state index in [4.69, 9.17) is 23.2 Å². The van der Waals surface area contributed by atoms with Crippen LogP contribution in [0.4, 0.5) is 0 Å². The van der Waals surface area contributed by atoms with Crippen molar-refractivity contribution in [3.05, 3.63) is 83.1 Å². The summed E-state index contributed by atoms with van der Waals surface area (Å²) in [5.41, 5.74) is 0. The van der Waals surface area contributed by atoms with Gasteiger partial charge in [-0.1, -0.05) is 47.5 Å². The minimum absolute atomic E-state index is 0.687. The molecule has 0 fully saturated rings. The molecule has 0 spiro atoms. The van der Waals surface area contributed by atoms with Crippen LogP contribution in [0.15, 0.2) is 73.1 Å². The molecule has 1 heterocycles. The molecule has 0 bridgehead atoms. The Kier molecular flexibility index (Phi) is 4.55. The third-order valence-corrected chi connectivity index (χ3v) is 5.93. The van der Waals surface area contributed by atoms with Gasteiger partial charge in [-0.3, -0.25) is 4.98 Å². The van der Waals surface area contributed by atoms with Crippen LogP contribution in [0.2, 0.25) is 10.0 Å². The molecule has 0 aliphatic heterocycles. The number of hydrogen-bond acceptors (Lipinski definition) is 1. The van der Waals surface area contributed by atoms with Gasteiger partial charge in [0.25, 0.3) is 0 Å². The van der Waals surface area contributed by atoms with Gasteiger partial charge in [0.1, 0.15) is 0 Å². The monoisotopic (exact) mass is 331 g/mol. The van der Waals surface area contributed by atoms with Gasteiger partial charge in [-0.15, -0.1) is 0 Å². The molecule has 0 radical (unpaired) electrons. The first-order valence-corrected chi connectivity index (χ1v) is 8.55. The Bertz CT molecular complexity index is 701. The topological polar surface area (TPSA) is 12.9 Å². The van der Waals surface area contributed by atoms with Gasteiger partial charge in [-0.25, -0.2) is 0 Å². The smallest absolute Gasteiger partial charge is 0.0412 e. The zero-order valence-electron chi connectivity index (χ0n) is 11.1. The molecule has 0 saturated heterocycles. The summed E-state index contributed by atoms with van der Waals surface area (Å²) in [6.07, 6.45) is 3.64. The lowest BCUT2D eigenvalue weighted by Gasteiger charge is -2.19. The van der Waals surface area contributed by atoms with Crippen LogP contribution in [0.3, 0.4) is 0 Å². The van der Waals surface area contributed by atoms with E-state index in [1.807, 2.05) is 60.9 Å². The Morgan fingerprint density at radius 3 is 1.67 bits per heavy atom. The highest BCUT2D eigenvalue weighted by molar-refractivity contribution is 7.79. The van der Waals surface area contributed by atoms with E-state index in [2.05, 4.69) is 17.1 Å². The van der Waals surface area contributed by atoms with Crippen LogP contribution in [0, 0.1) is 0 Å². The van der Waals surface area contributed by atoms with Gasteiger partial charge in [0.15, 0.2) is 0 Å². The van der Waals surface area contributed by atoms with Crippen molar-refractivity contribution >= 4 is 47.0 Å². The molecule has 0 aliphatic rings. The molecule has 21 heavy (non-hydrogen) atoms. The van der Waals surface area contributed by atoms with Gasteiger partial charge in [0.05, 0.1) is 0 Å². The molecule has 4 heteroatoms. The molecule has 0 amide bonds. The van der Waals surface area contributed by atoms with E-state index < -0.39 is 7.92 Å². The molecule has 0 aliphatic carbocycles. The second-order valence-electron chi connectivity index (χ2n) is 4.50. The van der Waals surface area contributed by atoms with Crippen LogP contribution in [-0.4, -0.2) is 4.98 Å². The first-order chi connectivity index (χ1) is 10.2. The van der Waals surface area contributed by atoms with Gasteiger partial charge in [-0.05, 0) is 60.2 Å². The number of hydrogen-bond donors (Lipinski definition) is 0. The highest BCUT2D eigenvalue weighted by Gasteiger charge is 2.16. The lowest BCUT2D eigenvalue weighted by Crippen LogP contribution is -2.20. The van der Waals surface area contributed by atoms with Crippen LogP contribution < -0.4 is 15.9 Å². The Morgan fingerprint density at radius 2 is 1.19 bits per heavy atom. The van der Waals surface area contributed by atoms with Crippen LogP contribution >= 0.6 is 31.1 Å². The van der Waals surface area contributed by atoms with Crippen molar-refractivity contribution < 1.29 is 0 Å². The standard InChI is InChI=1S/C17H12Cl2NP/c18-13-3-1-5-16(11-13)21(15-7-9-20-10-8-15)17-6-2-4-14(19)12-17/h1-12H. The van der Waals surface area contributed by atoms with Gasteiger partial charge in [0.2, 0.25) is 0 Å². The fourth-order valence-corrected chi connectivity index (χ4v) is 5.04. The molecule has 0 atom stereocenters. The first kappa shape index (κ1) is 14.5. The minimum Gasteiger partial charge on any atom is -0.265 e. The van der Waals surface area contributed by atoms with Crippen molar-refractivity contribution in [1.82, 2.24) is 4.98 Å². The fraction of sp³-hybridized carbons (Fsp3) is 0. The highest BCUT2D eigenvalue weighted by Crippen LogP contribution is 2.33. The molecule has 0 N–H and O–H groups in total. The number of benzene rings is 2. The van der Waals surface area contributed by atoms with E-state index in [1.54, 1.807) is 0 Å². The van der Waals surface area contributed by atoms with Crippen molar-refractivity contribution in [3.8, 4) is 0 Å². The average Bonchev–Trinajstić information content (AvgIpc) is 2.49. The van der Waals surface area contributed by atoms with Crippen molar-refractivity contribution in [2.24, 2.45) is 0 Å². The first-order valence-electron chi connectivity index (χ1n) is 6.45. The summed E-state index contributed by atoms with van der Waals surface area (Å²) < 4.78 is 0. The Labute approximate surface area is 135 Å². The third kappa shape index (κ3) is 3.44. The predicted octanol–water partition coefficient (Wildman–Crippen LogP) is 4.15. The lowest BCUT2D eigenvalue weighted by atomic mass is 10.4. The largest absolute Gasteiger partial charge is 0.265 e. The maximum Gasteiger partial charge on any atom is 0.0412 e. The van der Waals surface area contributed by atoms with Crippen molar-refractivity contribution in [2.75, 3.05) is 0 Å². The molecular formula is C17H12Cl2NP. The quantitative estimate of drug-likeness (QED) is 0.657. The molecule has 1 nitrogen and oxygen atoms in total. The van der Waals surface area contributed by atoms with E-state index in [0.717, 1.165) is 10.0 Å². The van der Waals surface area contributed by atoms with Gasteiger partial charge in [0, 0.05) is 22.4 Å². The molecule has 104 valence electrons. The fourth-order valence-electron chi connectivity index (χ4n) is 2.17. The Balaban J connectivity index is 2.16. The van der Waals surface area contributed by atoms with Crippen LogP contribution in [0.5, 0.6) is 0 Å². The maximum absolute atomic E-state index is 6.17. The molecule has 3 rings (SSSR count). The average molecular weight is 332 g/mol. The number of aromatic nitrogens is 1. The van der Waals surface area contributed by atoms with Crippen molar-refractivity contribution in [1.29, 1.82) is 0 Å². The summed E-state index contributed by atoms with van der Waals surface area (Å²) in [5.74, 6) is 0. The van der Waals surface area contributed by atoms with Crippen LogP contribution in [-0.2, 0) is 0 Å². The van der Waals surface area contributed by atoms with E-state index in [9.17, 15) is 0 Å². The molecule has 3 aromatic rings. The normalized spacial score (nSPS) is 10.8. The van der Waals surface area contributed by atoms with Crippen molar-refractivity contribution in [3.63, 3.8) is 0 Å². The number of nitrogens with zero attached hydrogens (tertiary/aromatic N) is 1. The summed E-state index contributed by atoms with van der Waals surface area (Å²) >= 11 is 12.3. The summed E-state index contributed by atoms with van der Waals surface area (Å²) in [6.45, 7) is 0. The number of rotatable bonds is 3.